The summed E-state index contributed by atoms with van der Waals surface area (Å²) in [5.74, 6) is 0. The molecule has 0 aromatic heterocycles. The van der Waals surface area contributed by atoms with Crippen LogP contribution in [0.3, 0.4) is 0 Å². The van der Waals surface area contributed by atoms with Gasteiger partial charge in [0.1, 0.15) is 0 Å². The molecule has 4 heteroatoms. The molecule has 0 heterocycles. The average Bonchev–Trinajstić information content (AvgIpc) is 2.63. The van der Waals surface area contributed by atoms with E-state index in [0.717, 1.165) is 0 Å². The van der Waals surface area contributed by atoms with Gasteiger partial charge in [-0.25, -0.2) is 0 Å². The van der Waals surface area contributed by atoms with Crippen molar-refractivity contribution >= 4 is 0 Å². The summed E-state index contributed by atoms with van der Waals surface area (Å²) < 4.78 is 0. The first-order valence-electron chi connectivity index (χ1n) is 5.18. The maximum atomic E-state index is 3.50. The van der Waals surface area contributed by atoms with Crippen molar-refractivity contribution in [2.75, 3.05) is 42.3 Å². The fraction of sp³-hybridized carbons (Fsp3) is 0.917. The maximum Gasteiger partial charge on any atom is 4.00 e. The Morgan fingerprint density at radius 1 is 0.500 bits per heavy atom. The zero-order valence-electron chi connectivity index (χ0n) is 12.4. The van der Waals surface area contributed by atoms with Gasteiger partial charge in [0.05, 0.1) is 0 Å². The molecule has 1 aliphatic carbocycles. The standard InChI is InChI=1S/C5H10.3C2H6N.CH3.Hf/c1-2-4-5-3-1;3*1-3-2;;/h1-5H2;3*1-2H3;1H3;/q;4*-1;+4. The summed E-state index contributed by atoms with van der Waals surface area (Å²) >= 11 is 0. The molecule has 0 aliphatic heterocycles. The van der Waals surface area contributed by atoms with Crippen LogP contribution in [0.4, 0.5) is 0 Å². The Morgan fingerprint density at radius 3 is 0.625 bits per heavy atom. The van der Waals surface area contributed by atoms with E-state index in [2.05, 4.69) is 16.0 Å². The van der Waals surface area contributed by atoms with Crippen LogP contribution in [0.1, 0.15) is 32.1 Å². The topological polar surface area (TPSA) is 42.3 Å². The van der Waals surface area contributed by atoms with Gasteiger partial charge in [-0.1, -0.05) is 32.1 Å². The van der Waals surface area contributed by atoms with Crippen LogP contribution in [-0.4, -0.2) is 42.3 Å². The van der Waals surface area contributed by atoms with Gasteiger partial charge in [0, 0.05) is 0 Å². The number of nitrogens with zero attached hydrogens (tertiary/aromatic N) is 3. The van der Waals surface area contributed by atoms with E-state index in [0.29, 0.717) is 0 Å². The van der Waals surface area contributed by atoms with Crippen molar-refractivity contribution in [3.63, 3.8) is 0 Å². The Bertz CT molecular complexity index is 47.9. The monoisotopic (exact) mass is 397 g/mol. The van der Waals surface area contributed by atoms with Crippen molar-refractivity contribution in [3.8, 4) is 0 Å². The Balaban J connectivity index is -0.0000000336. The molecule has 0 saturated heterocycles. The van der Waals surface area contributed by atoms with Gasteiger partial charge in [0.2, 0.25) is 0 Å². The predicted molar refractivity (Wildman–Crippen MR) is 75.1 cm³/mol. The zero-order valence-corrected chi connectivity index (χ0v) is 16.0. The Labute approximate surface area is 123 Å². The molecule has 0 unspecified atom stereocenters. The van der Waals surface area contributed by atoms with Gasteiger partial charge in [-0.15, -0.1) is 0 Å². The minimum Gasteiger partial charge on any atom is -0.668 e. The summed E-state index contributed by atoms with van der Waals surface area (Å²) in [4.78, 5) is 0. The van der Waals surface area contributed by atoms with Crippen molar-refractivity contribution in [1.29, 1.82) is 0 Å². The molecule has 0 amide bonds. The molecule has 0 radical (unpaired) electrons. The van der Waals surface area contributed by atoms with E-state index in [1.807, 2.05) is 0 Å². The summed E-state index contributed by atoms with van der Waals surface area (Å²) in [5, 5.41) is 10.5. The number of hydrogen-bond donors (Lipinski definition) is 0. The molecule has 98 valence electrons. The molecule has 0 spiro atoms. The van der Waals surface area contributed by atoms with Crippen LogP contribution >= 0.6 is 0 Å². The van der Waals surface area contributed by atoms with E-state index in [1.54, 1.807) is 42.3 Å². The van der Waals surface area contributed by atoms with Crippen molar-refractivity contribution in [2.45, 2.75) is 32.1 Å². The molecular weight excluding hydrogens is 365 g/mol. The van der Waals surface area contributed by atoms with Crippen LogP contribution in [0.5, 0.6) is 0 Å². The van der Waals surface area contributed by atoms with Gasteiger partial charge in [-0.05, 0) is 0 Å². The van der Waals surface area contributed by atoms with E-state index in [9.17, 15) is 0 Å². The van der Waals surface area contributed by atoms with Gasteiger partial charge >= 0.3 is 25.8 Å². The van der Waals surface area contributed by atoms with Gasteiger partial charge in [-0.3, -0.25) is 0 Å². The molecule has 3 nitrogen and oxygen atoms in total. The SMILES string of the molecule is C1CCCC1.C[N-]C.C[N-]C.C[N-]C.[CH3-].[Hf+4]. The van der Waals surface area contributed by atoms with Crippen LogP contribution < -0.4 is 0 Å². The van der Waals surface area contributed by atoms with E-state index >= 15 is 0 Å². The summed E-state index contributed by atoms with van der Waals surface area (Å²) in [5.41, 5.74) is 0. The predicted octanol–water partition coefficient (Wildman–Crippen LogP) is 4.26. The normalized spacial score (nSPS) is 10.9. The first-order valence-corrected chi connectivity index (χ1v) is 5.18. The molecule has 16 heavy (non-hydrogen) atoms. The second-order valence-electron chi connectivity index (χ2n) is 3.11. The van der Waals surface area contributed by atoms with Crippen molar-refractivity contribution in [3.05, 3.63) is 23.4 Å². The molecule has 1 fully saturated rings. The molecule has 0 aromatic rings. The Hall–Kier alpha value is 0.750. The fourth-order valence-corrected chi connectivity index (χ4v) is 0.884. The largest absolute Gasteiger partial charge is 4.00 e. The van der Waals surface area contributed by atoms with Crippen LogP contribution in [0.25, 0.3) is 16.0 Å². The molecule has 1 rings (SSSR count). The van der Waals surface area contributed by atoms with E-state index in [-0.39, 0.29) is 33.3 Å². The van der Waals surface area contributed by atoms with E-state index < -0.39 is 0 Å². The van der Waals surface area contributed by atoms with Crippen LogP contribution in [-0.2, 0) is 25.8 Å². The molecular formula is C12H31HfN3. The minimum atomic E-state index is 0. The Morgan fingerprint density at radius 2 is 0.562 bits per heavy atom. The molecule has 0 aromatic carbocycles. The fourth-order valence-electron chi connectivity index (χ4n) is 0.884. The molecule has 0 bridgehead atoms. The number of rotatable bonds is 0. The summed E-state index contributed by atoms with van der Waals surface area (Å²) in [7, 11) is 10.5. The third-order valence-corrected chi connectivity index (χ3v) is 1.25. The molecule has 0 N–H and O–H groups in total. The second kappa shape index (κ2) is 44.8. The van der Waals surface area contributed by atoms with Gasteiger partial charge in [0.25, 0.3) is 0 Å². The van der Waals surface area contributed by atoms with Gasteiger partial charge in [-0.2, -0.15) is 42.3 Å². The third kappa shape index (κ3) is 84.3. The summed E-state index contributed by atoms with van der Waals surface area (Å²) in [6.45, 7) is 0. The summed E-state index contributed by atoms with van der Waals surface area (Å²) in [6.07, 6.45) is 7.50. The van der Waals surface area contributed by atoms with E-state index in [1.165, 1.54) is 32.1 Å². The first-order chi connectivity index (χ1) is 6.74. The van der Waals surface area contributed by atoms with Crippen LogP contribution in [0.15, 0.2) is 0 Å². The maximum absolute atomic E-state index is 3.50. The molecule has 0 atom stereocenters. The second-order valence-corrected chi connectivity index (χ2v) is 3.11. The summed E-state index contributed by atoms with van der Waals surface area (Å²) in [6, 6.07) is 0. The number of hydrogen-bond acceptors (Lipinski definition) is 0. The van der Waals surface area contributed by atoms with Crippen molar-refractivity contribution in [1.82, 2.24) is 0 Å². The van der Waals surface area contributed by atoms with E-state index in [4.69, 9.17) is 0 Å². The van der Waals surface area contributed by atoms with Crippen molar-refractivity contribution in [2.24, 2.45) is 0 Å². The van der Waals surface area contributed by atoms with Crippen molar-refractivity contribution < 1.29 is 25.8 Å². The quantitative estimate of drug-likeness (QED) is 0.434. The Kier molecular flexibility index (Phi) is 84.2. The smallest absolute Gasteiger partial charge is 0.668 e. The molecule has 1 saturated carbocycles. The minimum absolute atomic E-state index is 0. The van der Waals surface area contributed by atoms with Gasteiger partial charge < -0.3 is 23.4 Å². The van der Waals surface area contributed by atoms with Crippen LogP contribution in [0.2, 0.25) is 0 Å². The van der Waals surface area contributed by atoms with Crippen LogP contribution in [0, 0.1) is 7.43 Å². The molecule has 1 aliphatic rings. The first kappa shape index (κ1) is 30.1. The van der Waals surface area contributed by atoms with Gasteiger partial charge in [0.15, 0.2) is 0 Å². The third-order valence-electron chi connectivity index (χ3n) is 1.25. The average molecular weight is 396 g/mol. The zero-order chi connectivity index (χ0) is 11.7.